The molecule has 0 spiro atoms. The Morgan fingerprint density at radius 2 is 1.86 bits per heavy atom. The van der Waals surface area contributed by atoms with Gasteiger partial charge in [-0.15, -0.1) is 0 Å². The van der Waals surface area contributed by atoms with Crippen molar-refractivity contribution in [3.05, 3.63) is 36.0 Å². The van der Waals surface area contributed by atoms with E-state index in [1.165, 1.54) is 0 Å². The van der Waals surface area contributed by atoms with Gasteiger partial charge in [-0.25, -0.2) is 4.79 Å². The number of carbonyl (C=O) groups excluding carboxylic acids is 2. The Bertz CT molecular complexity index is 851. The number of benzene rings is 1. The highest BCUT2D eigenvalue weighted by Gasteiger charge is 2.30. The van der Waals surface area contributed by atoms with Crippen molar-refractivity contribution in [1.82, 2.24) is 15.6 Å². The number of nitrogens with two attached hydrogens (primary N) is 1. The van der Waals surface area contributed by atoms with Crippen LogP contribution in [0.15, 0.2) is 30.5 Å². The summed E-state index contributed by atoms with van der Waals surface area (Å²) < 4.78 is 0. The van der Waals surface area contributed by atoms with Gasteiger partial charge >= 0.3 is 5.97 Å². The Morgan fingerprint density at radius 3 is 2.46 bits per heavy atom. The van der Waals surface area contributed by atoms with Crippen molar-refractivity contribution >= 4 is 41.3 Å². The van der Waals surface area contributed by atoms with Crippen molar-refractivity contribution in [1.29, 1.82) is 0 Å². The van der Waals surface area contributed by atoms with E-state index in [-0.39, 0.29) is 18.1 Å². The Kier molecular flexibility index (Phi) is 7.47. The molecule has 0 saturated heterocycles. The van der Waals surface area contributed by atoms with Gasteiger partial charge in [-0.05, 0) is 17.5 Å². The molecular formula is C19H26N4O4S. The molecule has 9 heteroatoms. The molecule has 28 heavy (non-hydrogen) atoms. The molecule has 2 rings (SSSR count). The Labute approximate surface area is 168 Å². The molecule has 152 valence electrons. The van der Waals surface area contributed by atoms with Gasteiger partial charge in [-0.2, -0.15) is 12.6 Å². The van der Waals surface area contributed by atoms with Gasteiger partial charge in [-0.3, -0.25) is 9.59 Å². The van der Waals surface area contributed by atoms with Gasteiger partial charge in [0.1, 0.15) is 12.1 Å². The van der Waals surface area contributed by atoms with Crippen LogP contribution >= 0.6 is 12.6 Å². The number of hydrogen-bond donors (Lipinski definition) is 6. The van der Waals surface area contributed by atoms with Crippen molar-refractivity contribution < 1.29 is 19.5 Å². The molecule has 2 amide bonds. The molecule has 3 unspecified atom stereocenters. The topological polar surface area (TPSA) is 137 Å². The number of carboxylic acids is 1. The lowest BCUT2D eigenvalue weighted by Crippen LogP contribution is -2.56. The van der Waals surface area contributed by atoms with E-state index < -0.39 is 35.9 Å². The predicted molar refractivity (Wildman–Crippen MR) is 110 cm³/mol. The molecule has 8 nitrogen and oxygen atoms in total. The number of para-hydroxylation sites is 1. The van der Waals surface area contributed by atoms with Gasteiger partial charge in [-0.1, -0.05) is 32.0 Å². The number of carboxylic acid groups (broad SMARTS) is 1. The van der Waals surface area contributed by atoms with E-state index in [9.17, 15) is 19.5 Å². The fourth-order valence-electron chi connectivity index (χ4n) is 2.86. The first-order valence-electron chi connectivity index (χ1n) is 8.99. The standard InChI is InChI=1S/C19H26N4O4S/c1-10(2)16(19(26)27)23-18(25)15(22-17(24)13(20)9-28)7-11-8-21-14-6-4-3-5-12(11)14/h3-6,8,10,13,15-16,21,28H,7,9,20H2,1-2H3,(H,22,24)(H,23,25)(H,26,27). The second-order valence-corrected chi connectivity index (χ2v) is 7.35. The first-order valence-corrected chi connectivity index (χ1v) is 9.62. The molecule has 0 fully saturated rings. The minimum Gasteiger partial charge on any atom is -0.480 e. The Hall–Kier alpha value is -2.52. The molecule has 0 aliphatic carbocycles. The number of amides is 2. The van der Waals surface area contributed by atoms with E-state index in [0.29, 0.717) is 0 Å². The van der Waals surface area contributed by atoms with Crippen LogP contribution in [0.1, 0.15) is 19.4 Å². The van der Waals surface area contributed by atoms with Crippen LogP contribution in [-0.4, -0.2) is 51.8 Å². The summed E-state index contributed by atoms with van der Waals surface area (Å²) in [5.41, 5.74) is 7.44. The lowest BCUT2D eigenvalue weighted by atomic mass is 10.0. The maximum Gasteiger partial charge on any atom is 0.326 e. The molecule has 2 aromatic rings. The average molecular weight is 407 g/mol. The summed E-state index contributed by atoms with van der Waals surface area (Å²) in [4.78, 5) is 39.6. The van der Waals surface area contributed by atoms with E-state index in [4.69, 9.17) is 5.73 Å². The zero-order valence-electron chi connectivity index (χ0n) is 15.8. The van der Waals surface area contributed by atoms with Crippen LogP contribution in [0, 0.1) is 5.92 Å². The summed E-state index contributed by atoms with van der Waals surface area (Å²) in [6, 6.07) is 4.67. The van der Waals surface area contributed by atoms with Crippen LogP contribution in [0.2, 0.25) is 0 Å². The van der Waals surface area contributed by atoms with E-state index in [1.807, 2.05) is 24.3 Å². The van der Waals surface area contributed by atoms with E-state index >= 15 is 0 Å². The number of aromatic amines is 1. The molecule has 0 saturated carbocycles. The number of aromatic nitrogens is 1. The number of nitrogens with one attached hydrogen (secondary N) is 3. The molecule has 0 aliphatic rings. The van der Waals surface area contributed by atoms with Crippen LogP contribution in [0.5, 0.6) is 0 Å². The second-order valence-electron chi connectivity index (χ2n) is 6.98. The van der Waals surface area contributed by atoms with Crippen molar-refractivity contribution in [3.63, 3.8) is 0 Å². The van der Waals surface area contributed by atoms with Gasteiger partial charge in [0.05, 0.1) is 6.04 Å². The Balaban J connectivity index is 2.26. The van der Waals surface area contributed by atoms with Crippen LogP contribution in [-0.2, 0) is 20.8 Å². The average Bonchev–Trinajstić information content (AvgIpc) is 3.07. The molecule has 6 N–H and O–H groups in total. The number of hydrogen-bond acceptors (Lipinski definition) is 5. The fraction of sp³-hybridized carbons (Fsp3) is 0.421. The van der Waals surface area contributed by atoms with Crippen LogP contribution in [0.4, 0.5) is 0 Å². The first-order chi connectivity index (χ1) is 13.2. The van der Waals surface area contributed by atoms with Crippen LogP contribution < -0.4 is 16.4 Å². The minimum absolute atomic E-state index is 0.122. The lowest BCUT2D eigenvalue weighted by Gasteiger charge is -2.24. The summed E-state index contributed by atoms with van der Waals surface area (Å²) in [7, 11) is 0. The first kappa shape index (κ1) is 21.8. The number of carbonyl (C=O) groups is 3. The zero-order valence-corrected chi connectivity index (χ0v) is 16.7. The van der Waals surface area contributed by atoms with Crippen molar-refractivity contribution in [3.8, 4) is 0 Å². The van der Waals surface area contributed by atoms with Gasteiger partial charge < -0.3 is 26.5 Å². The summed E-state index contributed by atoms with van der Waals surface area (Å²) in [6.07, 6.45) is 1.96. The van der Waals surface area contributed by atoms with Crippen molar-refractivity contribution in [2.24, 2.45) is 11.7 Å². The van der Waals surface area contributed by atoms with Gasteiger partial charge in [0, 0.05) is 29.3 Å². The molecule has 1 aromatic heterocycles. The SMILES string of the molecule is CC(C)C(NC(=O)C(Cc1c[nH]c2ccccc12)NC(=O)C(N)CS)C(=O)O. The number of aliphatic carboxylic acids is 1. The maximum atomic E-state index is 12.8. The summed E-state index contributed by atoms with van der Waals surface area (Å²) >= 11 is 4.01. The van der Waals surface area contributed by atoms with Gasteiger partial charge in [0.15, 0.2) is 0 Å². The molecule has 3 atom stereocenters. The van der Waals surface area contributed by atoms with Gasteiger partial charge in [0.2, 0.25) is 11.8 Å². The van der Waals surface area contributed by atoms with Crippen LogP contribution in [0.25, 0.3) is 10.9 Å². The molecule has 0 radical (unpaired) electrons. The largest absolute Gasteiger partial charge is 0.480 e. The third kappa shape index (κ3) is 5.26. The number of H-pyrrole nitrogens is 1. The normalized spacial score (nSPS) is 14.5. The lowest BCUT2D eigenvalue weighted by molar-refractivity contribution is -0.143. The zero-order chi connectivity index (χ0) is 20.8. The van der Waals surface area contributed by atoms with E-state index in [2.05, 4.69) is 28.2 Å². The highest BCUT2D eigenvalue weighted by Crippen LogP contribution is 2.19. The highest BCUT2D eigenvalue weighted by molar-refractivity contribution is 7.80. The summed E-state index contributed by atoms with van der Waals surface area (Å²) in [6.45, 7) is 3.40. The molecule has 1 heterocycles. The fourth-order valence-corrected chi connectivity index (χ4v) is 3.02. The monoisotopic (exact) mass is 406 g/mol. The molecular weight excluding hydrogens is 380 g/mol. The highest BCUT2D eigenvalue weighted by atomic mass is 32.1. The predicted octanol–water partition coefficient (Wildman–Crippen LogP) is 0.678. The molecule has 1 aromatic carbocycles. The third-order valence-electron chi connectivity index (χ3n) is 4.50. The van der Waals surface area contributed by atoms with Crippen molar-refractivity contribution in [2.45, 2.75) is 38.4 Å². The molecule has 0 aliphatic heterocycles. The third-order valence-corrected chi connectivity index (χ3v) is 4.89. The van der Waals surface area contributed by atoms with Crippen molar-refractivity contribution in [2.75, 3.05) is 5.75 Å². The quantitative estimate of drug-likeness (QED) is 0.340. The minimum atomic E-state index is -1.13. The smallest absolute Gasteiger partial charge is 0.326 e. The second kappa shape index (κ2) is 9.61. The van der Waals surface area contributed by atoms with Crippen LogP contribution in [0.3, 0.4) is 0 Å². The molecule has 0 bridgehead atoms. The maximum absolute atomic E-state index is 12.8. The number of thiol groups is 1. The summed E-state index contributed by atoms with van der Waals surface area (Å²) in [5.74, 6) is -2.42. The Morgan fingerprint density at radius 1 is 1.18 bits per heavy atom. The number of rotatable bonds is 9. The van der Waals surface area contributed by atoms with E-state index in [0.717, 1.165) is 16.5 Å². The summed E-state index contributed by atoms with van der Waals surface area (Å²) in [5, 5.41) is 15.4. The number of fused-ring (bicyclic) bond motifs is 1. The van der Waals surface area contributed by atoms with E-state index in [1.54, 1.807) is 20.0 Å². The van der Waals surface area contributed by atoms with Gasteiger partial charge in [0.25, 0.3) is 0 Å².